The van der Waals surface area contributed by atoms with Gasteiger partial charge in [-0.2, -0.15) is 4.98 Å². The van der Waals surface area contributed by atoms with Crippen LogP contribution >= 0.6 is 0 Å². The molecule has 1 aliphatic rings. The van der Waals surface area contributed by atoms with E-state index in [1.54, 1.807) is 0 Å². The maximum absolute atomic E-state index is 13.6. The monoisotopic (exact) mass is 345 g/mol. The summed E-state index contributed by atoms with van der Waals surface area (Å²) >= 11 is 0. The molecule has 1 aromatic rings. The first kappa shape index (κ1) is 17.8. The van der Waals surface area contributed by atoms with Crippen LogP contribution in [-0.4, -0.2) is 51.5 Å². The minimum atomic E-state index is -1.52. The Balaban J connectivity index is 2.31. The van der Waals surface area contributed by atoms with Crippen molar-refractivity contribution in [1.82, 2.24) is 9.55 Å². The first-order valence-corrected chi connectivity index (χ1v) is 6.89. The molecular weight excluding hydrogens is 329 g/mol. The lowest BCUT2D eigenvalue weighted by molar-refractivity contribution is -0.157. The van der Waals surface area contributed by atoms with Crippen molar-refractivity contribution in [2.45, 2.75) is 38.4 Å². The Kier molecular flexibility index (Phi) is 5.14. The number of nitrogens with zero attached hydrogens (tertiary/aromatic N) is 2. The summed E-state index contributed by atoms with van der Waals surface area (Å²) in [5, 5.41) is 10.3. The smallest absolute Gasteiger partial charge is 0.351 e. The van der Waals surface area contributed by atoms with E-state index in [4.69, 9.17) is 19.9 Å². The molecule has 0 bridgehead atoms. The SMILES string of the molecule is CC(=O)OC[C@H]1O[C@@H](n2cc(F)c(N)nc2=O)[C@@H](O)[C@@H]1OC(C)=O. The maximum atomic E-state index is 13.6. The van der Waals surface area contributed by atoms with Crippen LogP contribution in [0.2, 0.25) is 0 Å². The highest BCUT2D eigenvalue weighted by Gasteiger charge is 2.48. The maximum Gasteiger partial charge on any atom is 0.351 e. The Morgan fingerprint density at radius 1 is 1.46 bits per heavy atom. The number of anilines is 1. The van der Waals surface area contributed by atoms with Crippen molar-refractivity contribution in [2.24, 2.45) is 0 Å². The van der Waals surface area contributed by atoms with Gasteiger partial charge >= 0.3 is 17.6 Å². The molecule has 0 unspecified atom stereocenters. The van der Waals surface area contributed by atoms with E-state index in [1.807, 2.05) is 0 Å². The number of ether oxygens (including phenoxy) is 3. The van der Waals surface area contributed by atoms with E-state index in [1.165, 1.54) is 0 Å². The van der Waals surface area contributed by atoms with Crippen LogP contribution in [0.5, 0.6) is 0 Å². The highest BCUT2D eigenvalue weighted by Crippen LogP contribution is 2.31. The van der Waals surface area contributed by atoms with Crippen LogP contribution in [0.4, 0.5) is 10.2 Å². The summed E-state index contributed by atoms with van der Waals surface area (Å²) in [5.41, 5.74) is 4.23. The molecule has 0 aliphatic carbocycles. The van der Waals surface area contributed by atoms with E-state index in [0.717, 1.165) is 20.0 Å². The third kappa shape index (κ3) is 3.68. The lowest BCUT2D eigenvalue weighted by Gasteiger charge is -2.19. The number of hydrogen-bond acceptors (Lipinski definition) is 9. The summed E-state index contributed by atoms with van der Waals surface area (Å²) in [4.78, 5) is 37.2. The van der Waals surface area contributed by atoms with Gasteiger partial charge in [0.25, 0.3) is 0 Å². The summed E-state index contributed by atoms with van der Waals surface area (Å²) < 4.78 is 29.4. The quantitative estimate of drug-likeness (QED) is 0.637. The van der Waals surface area contributed by atoms with Crippen LogP contribution in [0.1, 0.15) is 20.1 Å². The normalized spacial score (nSPS) is 26.2. The minimum absolute atomic E-state index is 0.333. The highest BCUT2D eigenvalue weighted by molar-refractivity contribution is 5.66. The fraction of sp³-hybridized carbons (Fsp3) is 0.538. The zero-order chi connectivity index (χ0) is 18.0. The van der Waals surface area contributed by atoms with Gasteiger partial charge in [0, 0.05) is 13.8 Å². The predicted octanol–water partition coefficient (Wildman–Crippen LogP) is -1.28. The van der Waals surface area contributed by atoms with Gasteiger partial charge in [-0.1, -0.05) is 0 Å². The summed E-state index contributed by atoms with van der Waals surface area (Å²) in [6.45, 7) is 1.94. The molecule has 1 saturated heterocycles. The van der Waals surface area contributed by atoms with Gasteiger partial charge < -0.3 is 25.1 Å². The number of aliphatic hydroxyl groups is 1. The number of aromatic nitrogens is 2. The van der Waals surface area contributed by atoms with Gasteiger partial charge in [-0.25, -0.2) is 9.18 Å². The second-order valence-corrected chi connectivity index (χ2v) is 5.10. The molecule has 2 heterocycles. The second-order valence-electron chi connectivity index (χ2n) is 5.10. The minimum Gasteiger partial charge on any atom is -0.463 e. The van der Waals surface area contributed by atoms with Crippen molar-refractivity contribution in [3.63, 3.8) is 0 Å². The van der Waals surface area contributed by atoms with E-state index < -0.39 is 53.8 Å². The number of hydrogen-bond donors (Lipinski definition) is 2. The summed E-state index contributed by atoms with van der Waals surface area (Å²) in [6, 6.07) is 0. The van der Waals surface area contributed by atoms with Gasteiger partial charge in [0.1, 0.15) is 18.8 Å². The van der Waals surface area contributed by atoms with Gasteiger partial charge in [-0.3, -0.25) is 14.2 Å². The zero-order valence-electron chi connectivity index (χ0n) is 12.8. The number of halogens is 1. The molecule has 0 radical (unpaired) electrons. The number of nitrogen functional groups attached to an aromatic ring is 1. The lowest BCUT2D eigenvalue weighted by Crippen LogP contribution is -2.39. The number of carbonyl (C=O) groups is 2. The topological polar surface area (TPSA) is 143 Å². The molecule has 1 fully saturated rings. The average Bonchev–Trinajstić information content (AvgIpc) is 2.77. The van der Waals surface area contributed by atoms with Gasteiger partial charge in [-0.05, 0) is 0 Å². The van der Waals surface area contributed by atoms with Gasteiger partial charge in [0.05, 0.1) is 6.20 Å². The molecule has 0 saturated carbocycles. The predicted molar refractivity (Wildman–Crippen MR) is 75.0 cm³/mol. The molecule has 0 spiro atoms. The summed E-state index contributed by atoms with van der Waals surface area (Å²) in [6.07, 6.45) is -4.47. The van der Waals surface area contributed by atoms with Crippen molar-refractivity contribution in [3.8, 4) is 0 Å². The molecule has 1 aromatic heterocycles. The number of aliphatic hydroxyl groups excluding tert-OH is 1. The van der Waals surface area contributed by atoms with Crippen molar-refractivity contribution >= 4 is 17.8 Å². The van der Waals surface area contributed by atoms with Crippen molar-refractivity contribution in [2.75, 3.05) is 12.3 Å². The fourth-order valence-corrected chi connectivity index (χ4v) is 2.26. The first-order chi connectivity index (χ1) is 11.2. The summed E-state index contributed by atoms with van der Waals surface area (Å²) in [5.74, 6) is -2.92. The van der Waals surface area contributed by atoms with Crippen molar-refractivity contribution < 1.29 is 33.3 Å². The Hall–Kier alpha value is -2.53. The Labute approximate surface area is 134 Å². The van der Waals surface area contributed by atoms with Crippen LogP contribution in [0, 0.1) is 5.82 Å². The van der Waals surface area contributed by atoms with Crippen molar-refractivity contribution in [3.05, 3.63) is 22.5 Å². The molecule has 4 atom stereocenters. The zero-order valence-corrected chi connectivity index (χ0v) is 12.8. The number of carbonyl (C=O) groups excluding carboxylic acids is 2. The van der Waals surface area contributed by atoms with E-state index >= 15 is 0 Å². The standard InChI is InChI=1S/C13H16FN3O7/c1-5(18)22-4-8-10(23-6(2)19)9(20)12(24-8)17-3-7(14)11(15)16-13(17)21/h3,8-10,12,20H,4H2,1-2H3,(H2,15,16,21)/t8-,9+,10-,12-/m1/s1. The molecule has 0 aromatic carbocycles. The molecule has 1 aliphatic heterocycles. The summed E-state index contributed by atoms with van der Waals surface area (Å²) in [7, 11) is 0. The van der Waals surface area contributed by atoms with Crippen LogP contribution < -0.4 is 11.4 Å². The largest absolute Gasteiger partial charge is 0.463 e. The highest BCUT2D eigenvalue weighted by atomic mass is 19.1. The fourth-order valence-electron chi connectivity index (χ4n) is 2.26. The first-order valence-electron chi connectivity index (χ1n) is 6.89. The average molecular weight is 345 g/mol. The Morgan fingerprint density at radius 3 is 2.71 bits per heavy atom. The number of nitrogens with two attached hydrogens (primary N) is 1. The molecule has 10 nitrogen and oxygen atoms in total. The van der Waals surface area contributed by atoms with Crippen LogP contribution in [0.25, 0.3) is 0 Å². The number of esters is 2. The number of rotatable bonds is 4. The van der Waals surface area contributed by atoms with E-state index in [2.05, 4.69) is 4.98 Å². The molecule has 0 amide bonds. The van der Waals surface area contributed by atoms with Gasteiger partial charge in [0.2, 0.25) is 0 Å². The molecule has 3 N–H and O–H groups in total. The van der Waals surface area contributed by atoms with E-state index in [9.17, 15) is 23.9 Å². The van der Waals surface area contributed by atoms with Crippen molar-refractivity contribution in [1.29, 1.82) is 0 Å². The Morgan fingerprint density at radius 2 is 2.12 bits per heavy atom. The van der Waals surface area contributed by atoms with Gasteiger partial charge in [-0.15, -0.1) is 0 Å². The molecular formula is C13H16FN3O7. The van der Waals surface area contributed by atoms with Crippen LogP contribution in [0.15, 0.2) is 11.0 Å². The lowest BCUT2D eigenvalue weighted by atomic mass is 10.1. The molecule has 2 rings (SSSR count). The van der Waals surface area contributed by atoms with Gasteiger partial charge in [0.15, 0.2) is 24.0 Å². The Bertz CT molecular complexity index is 707. The molecule has 24 heavy (non-hydrogen) atoms. The van der Waals surface area contributed by atoms with Crippen LogP contribution in [0.3, 0.4) is 0 Å². The molecule has 132 valence electrons. The third-order valence-electron chi connectivity index (χ3n) is 3.27. The van der Waals surface area contributed by atoms with Crippen LogP contribution in [-0.2, 0) is 23.8 Å². The van der Waals surface area contributed by atoms with E-state index in [-0.39, 0.29) is 6.61 Å². The second kappa shape index (κ2) is 6.93. The van der Waals surface area contributed by atoms with E-state index in [0.29, 0.717) is 4.57 Å². The molecule has 11 heteroatoms. The third-order valence-corrected chi connectivity index (χ3v) is 3.27.